The van der Waals surface area contributed by atoms with Gasteiger partial charge < -0.3 is 19.3 Å². The predicted octanol–water partition coefficient (Wildman–Crippen LogP) is 8.89. The van der Waals surface area contributed by atoms with Gasteiger partial charge in [-0.3, -0.25) is 0 Å². The normalized spacial score (nSPS) is 12.2. The molecule has 1 atom stereocenters. The largest absolute Gasteiger partial charge is 0.497 e. The SMILES string of the molecule is COc1ccc(N(CC(Br)Cn2c3ccc(Br)cc3c3cc(Br)ccc32)Sc2ccc(N)cc2)cc1. The number of hydrogen-bond acceptors (Lipinski definition) is 4. The van der Waals surface area contributed by atoms with Crippen molar-refractivity contribution in [1.82, 2.24) is 4.57 Å². The van der Waals surface area contributed by atoms with Crippen molar-refractivity contribution in [3.8, 4) is 5.75 Å². The fourth-order valence-corrected chi connectivity index (χ4v) is 6.77. The number of halogens is 3. The molecular formula is C28H24Br3N3OS. The highest BCUT2D eigenvalue weighted by Gasteiger charge is 2.18. The number of nitrogens with zero attached hydrogens (tertiary/aromatic N) is 2. The molecule has 0 bridgehead atoms. The Balaban J connectivity index is 1.46. The zero-order valence-electron chi connectivity index (χ0n) is 19.5. The lowest BCUT2D eigenvalue weighted by Crippen LogP contribution is -2.26. The smallest absolute Gasteiger partial charge is 0.119 e. The monoisotopic (exact) mass is 687 g/mol. The molecule has 184 valence electrons. The quantitative estimate of drug-likeness (QED) is 0.100. The van der Waals surface area contributed by atoms with Crippen LogP contribution in [0.4, 0.5) is 11.4 Å². The van der Waals surface area contributed by atoms with Crippen LogP contribution in [0.5, 0.6) is 5.75 Å². The molecule has 0 aliphatic heterocycles. The Kier molecular flexibility index (Phi) is 7.86. The first-order valence-electron chi connectivity index (χ1n) is 11.4. The molecule has 1 aromatic heterocycles. The Hall–Kier alpha value is -2.13. The first-order valence-corrected chi connectivity index (χ1v) is 14.6. The minimum absolute atomic E-state index is 0.187. The van der Waals surface area contributed by atoms with Crippen molar-refractivity contribution in [3.63, 3.8) is 0 Å². The minimum Gasteiger partial charge on any atom is -0.497 e. The molecule has 0 saturated heterocycles. The molecule has 4 nitrogen and oxygen atoms in total. The fraction of sp³-hybridized carbons (Fsp3) is 0.143. The first kappa shape index (κ1) is 25.5. The number of anilines is 2. The summed E-state index contributed by atoms with van der Waals surface area (Å²) in [7, 11) is 1.69. The number of aromatic nitrogens is 1. The number of fused-ring (bicyclic) bond motifs is 3. The molecule has 1 unspecified atom stereocenters. The Morgan fingerprint density at radius 1 is 0.861 bits per heavy atom. The van der Waals surface area contributed by atoms with Gasteiger partial charge in [-0.1, -0.05) is 47.8 Å². The van der Waals surface area contributed by atoms with E-state index in [1.807, 2.05) is 24.3 Å². The molecule has 36 heavy (non-hydrogen) atoms. The topological polar surface area (TPSA) is 43.4 Å². The van der Waals surface area contributed by atoms with E-state index in [1.165, 1.54) is 21.8 Å². The van der Waals surface area contributed by atoms with E-state index in [1.54, 1.807) is 19.1 Å². The van der Waals surface area contributed by atoms with E-state index in [9.17, 15) is 0 Å². The van der Waals surface area contributed by atoms with Crippen LogP contribution in [0.15, 0.2) is 98.8 Å². The molecule has 0 amide bonds. The van der Waals surface area contributed by atoms with Crippen molar-refractivity contribution in [1.29, 1.82) is 0 Å². The molecule has 0 fully saturated rings. The van der Waals surface area contributed by atoms with Crippen LogP contribution in [-0.2, 0) is 6.54 Å². The van der Waals surface area contributed by atoms with Crippen LogP contribution in [0, 0.1) is 0 Å². The number of benzene rings is 4. The van der Waals surface area contributed by atoms with E-state index in [4.69, 9.17) is 10.5 Å². The third-order valence-electron chi connectivity index (χ3n) is 5.99. The zero-order chi connectivity index (χ0) is 25.2. The summed E-state index contributed by atoms with van der Waals surface area (Å²) in [5.41, 5.74) is 10.2. The second kappa shape index (κ2) is 11.1. The molecule has 0 saturated carbocycles. The van der Waals surface area contributed by atoms with Crippen molar-refractivity contribution >= 4 is 92.9 Å². The van der Waals surface area contributed by atoms with Crippen LogP contribution in [0.1, 0.15) is 0 Å². The molecule has 5 rings (SSSR count). The summed E-state index contributed by atoms with van der Waals surface area (Å²) in [6.07, 6.45) is 0. The van der Waals surface area contributed by atoms with Crippen LogP contribution in [-0.4, -0.2) is 23.0 Å². The molecule has 0 spiro atoms. The van der Waals surface area contributed by atoms with Gasteiger partial charge in [-0.15, -0.1) is 0 Å². The van der Waals surface area contributed by atoms with Gasteiger partial charge in [0.25, 0.3) is 0 Å². The lowest BCUT2D eigenvalue weighted by Gasteiger charge is -2.27. The van der Waals surface area contributed by atoms with E-state index in [0.29, 0.717) is 0 Å². The maximum atomic E-state index is 5.91. The van der Waals surface area contributed by atoms with E-state index in [0.717, 1.165) is 44.1 Å². The first-order chi connectivity index (χ1) is 17.4. The van der Waals surface area contributed by atoms with Crippen molar-refractivity contribution in [2.75, 3.05) is 23.7 Å². The van der Waals surface area contributed by atoms with E-state index >= 15 is 0 Å². The average Bonchev–Trinajstić information content (AvgIpc) is 3.16. The number of methoxy groups -OCH3 is 1. The number of alkyl halides is 1. The van der Waals surface area contributed by atoms with Crippen molar-refractivity contribution in [2.45, 2.75) is 16.3 Å². The molecule has 0 aliphatic rings. The predicted molar refractivity (Wildman–Crippen MR) is 165 cm³/mol. The van der Waals surface area contributed by atoms with Gasteiger partial charge in [-0.25, -0.2) is 0 Å². The Bertz CT molecular complexity index is 1440. The third-order valence-corrected chi connectivity index (χ3v) is 8.62. The third kappa shape index (κ3) is 5.57. The zero-order valence-corrected chi connectivity index (χ0v) is 25.1. The molecule has 1 heterocycles. The number of hydrogen-bond donors (Lipinski definition) is 1. The summed E-state index contributed by atoms with van der Waals surface area (Å²) in [6, 6.07) is 29.2. The molecule has 4 aromatic carbocycles. The van der Waals surface area contributed by atoms with Gasteiger partial charge in [0.1, 0.15) is 5.75 Å². The maximum Gasteiger partial charge on any atom is 0.119 e. The van der Waals surface area contributed by atoms with Gasteiger partial charge in [0.05, 0.1) is 11.9 Å². The number of ether oxygens (including phenoxy) is 1. The van der Waals surface area contributed by atoms with Gasteiger partial charge in [-0.2, -0.15) is 0 Å². The van der Waals surface area contributed by atoms with Gasteiger partial charge in [0, 0.05) is 60.1 Å². The molecule has 5 aromatic rings. The average molecular weight is 690 g/mol. The fourth-order valence-electron chi connectivity index (χ4n) is 4.28. The van der Waals surface area contributed by atoms with Crippen LogP contribution in [0.2, 0.25) is 0 Å². The summed E-state index contributed by atoms with van der Waals surface area (Å²) in [4.78, 5) is 1.32. The number of nitrogens with two attached hydrogens (primary N) is 1. The van der Waals surface area contributed by atoms with Gasteiger partial charge >= 0.3 is 0 Å². The standard InChI is InChI=1S/C28H24Br3N3OS/c1-35-23-8-6-22(7-9-23)34(36-24-10-4-21(32)5-11-24)17-20(31)16-33-27-12-2-18(29)14-25(27)26-15-19(30)3-13-28(26)33/h2-15,20H,16-17,32H2,1H3. The van der Waals surface area contributed by atoms with E-state index < -0.39 is 0 Å². The van der Waals surface area contributed by atoms with Gasteiger partial charge in [0.15, 0.2) is 0 Å². The summed E-state index contributed by atoms with van der Waals surface area (Å²) in [6.45, 7) is 1.60. The van der Waals surface area contributed by atoms with E-state index in [2.05, 4.69) is 117 Å². The van der Waals surface area contributed by atoms with Crippen LogP contribution in [0.3, 0.4) is 0 Å². The van der Waals surface area contributed by atoms with Crippen molar-refractivity contribution < 1.29 is 4.74 Å². The molecule has 2 N–H and O–H groups in total. The Morgan fingerprint density at radius 3 is 2.00 bits per heavy atom. The van der Waals surface area contributed by atoms with Crippen LogP contribution < -0.4 is 14.8 Å². The minimum atomic E-state index is 0.187. The summed E-state index contributed by atoms with van der Waals surface area (Å²) in [5.74, 6) is 0.842. The lowest BCUT2D eigenvalue weighted by molar-refractivity contribution is 0.415. The van der Waals surface area contributed by atoms with Gasteiger partial charge in [-0.05, 0) is 96.9 Å². The summed E-state index contributed by atoms with van der Waals surface area (Å²) >= 11 is 13.0. The molecule has 0 radical (unpaired) electrons. The Morgan fingerprint density at radius 2 is 1.44 bits per heavy atom. The molecular weight excluding hydrogens is 666 g/mol. The summed E-state index contributed by atoms with van der Waals surface area (Å²) in [5, 5.41) is 2.48. The Labute approximate surface area is 240 Å². The second-order valence-corrected chi connectivity index (χ2v) is 12.7. The van der Waals surface area contributed by atoms with Crippen LogP contribution in [0.25, 0.3) is 21.8 Å². The highest BCUT2D eigenvalue weighted by Crippen LogP contribution is 2.35. The lowest BCUT2D eigenvalue weighted by atomic mass is 10.2. The highest BCUT2D eigenvalue weighted by atomic mass is 79.9. The number of rotatable bonds is 8. The van der Waals surface area contributed by atoms with E-state index in [-0.39, 0.29) is 4.83 Å². The van der Waals surface area contributed by atoms with Crippen LogP contribution >= 0.6 is 59.7 Å². The second-order valence-electron chi connectivity index (χ2n) is 8.45. The van der Waals surface area contributed by atoms with Crippen molar-refractivity contribution in [3.05, 3.63) is 93.9 Å². The summed E-state index contributed by atoms with van der Waals surface area (Å²) < 4.78 is 12.2. The molecule has 0 aliphatic carbocycles. The van der Waals surface area contributed by atoms with Gasteiger partial charge in [0.2, 0.25) is 0 Å². The number of nitrogen functional groups attached to an aromatic ring is 1. The van der Waals surface area contributed by atoms with Crippen molar-refractivity contribution in [2.24, 2.45) is 0 Å². The highest BCUT2D eigenvalue weighted by molar-refractivity contribution is 9.10. The maximum absolute atomic E-state index is 5.91. The molecule has 8 heteroatoms.